The Hall–Kier alpha value is -3.26. The molecule has 0 saturated heterocycles. The van der Waals surface area contributed by atoms with Gasteiger partial charge in [0, 0.05) is 22.7 Å². The first-order valence-electron chi connectivity index (χ1n) is 9.58. The summed E-state index contributed by atoms with van der Waals surface area (Å²) in [5.74, 6) is -0.832. The van der Waals surface area contributed by atoms with E-state index < -0.39 is 5.97 Å². The molecule has 3 aromatic rings. The van der Waals surface area contributed by atoms with Crippen LogP contribution in [0.25, 0.3) is 6.08 Å². The fourth-order valence-electron chi connectivity index (χ4n) is 2.91. The van der Waals surface area contributed by atoms with Crippen molar-refractivity contribution in [2.75, 3.05) is 11.9 Å². The highest BCUT2D eigenvalue weighted by atomic mass is 32.1. The second-order valence-corrected chi connectivity index (χ2v) is 7.67. The summed E-state index contributed by atoms with van der Waals surface area (Å²) in [6, 6.07) is 8.34. The summed E-state index contributed by atoms with van der Waals surface area (Å²) in [4.78, 5) is 28.0. The van der Waals surface area contributed by atoms with Crippen LogP contribution in [0.5, 0.6) is 0 Å². The number of benzene rings is 1. The van der Waals surface area contributed by atoms with Gasteiger partial charge in [-0.25, -0.2) is 9.78 Å². The molecule has 1 aromatic carbocycles. The molecule has 0 aliphatic heterocycles. The fraction of sp³-hybridized carbons (Fsp3) is 0.273. The molecule has 0 bridgehead atoms. The Morgan fingerprint density at radius 3 is 2.63 bits per heavy atom. The first kappa shape index (κ1) is 21.4. The molecule has 1 amide bonds. The van der Waals surface area contributed by atoms with Gasteiger partial charge in [-0.2, -0.15) is 5.10 Å². The van der Waals surface area contributed by atoms with E-state index in [0.29, 0.717) is 11.7 Å². The monoisotopic (exact) mass is 424 g/mol. The molecule has 8 heteroatoms. The highest BCUT2D eigenvalue weighted by molar-refractivity contribution is 7.14. The van der Waals surface area contributed by atoms with Crippen LogP contribution in [0.3, 0.4) is 0 Å². The highest BCUT2D eigenvalue weighted by Gasteiger charge is 2.13. The van der Waals surface area contributed by atoms with Crippen molar-refractivity contribution < 1.29 is 14.3 Å². The number of hydrogen-bond donors (Lipinski definition) is 1. The molecule has 1 N–H and O–H groups in total. The predicted octanol–water partition coefficient (Wildman–Crippen LogP) is 4.14. The van der Waals surface area contributed by atoms with E-state index in [-0.39, 0.29) is 18.2 Å². The Bertz CT molecular complexity index is 1080. The lowest BCUT2D eigenvalue weighted by molar-refractivity contribution is -0.111. The summed E-state index contributed by atoms with van der Waals surface area (Å²) in [5.41, 5.74) is 5.31. The molecule has 0 aliphatic carbocycles. The number of esters is 1. The summed E-state index contributed by atoms with van der Waals surface area (Å²) >= 11 is 1.17. The van der Waals surface area contributed by atoms with Gasteiger partial charge in [0.15, 0.2) is 10.8 Å². The zero-order chi connectivity index (χ0) is 21.7. The Morgan fingerprint density at radius 1 is 1.20 bits per heavy atom. The van der Waals surface area contributed by atoms with Gasteiger partial charge in [0.1, 0.15) is 0 Å². The van der Waals surface area contributed by atoms with E-state index in [0.717, 1.165) is 17.0 Å². The molecule has 0 saturated carbocycles. The van der Waals surface area contributed by atoms with Crippen LogP contribution >= 0.6 is 11.3 Å². The molecule has 2 aromatic heterocycles. The van der Waals surface area contributed by atoms with E-state index in [4.69, 9.17) is 4.74 Å². The maximum atomic E-state index is 12.3. The van der Waals surface area contributed by atoms with Gasteiger partial charge >= 0.3 is 5.97 Å². The van der Waals surface area contributed by atoms with Gasteiger partial charge in [-0.1, -0.05) is 29.8 Å². The Labute approximate surface area is 179 Å². The minimum atomic E-state index is -0.503. The molecule has 3 rings (SSSR count). The summed E-state index contributed by atoms with van der Waals surface area (Å²) in [6.07, 6.45) is 3.19. The maximum absolute atomic E-state index is 12.3. The van der Waals surface area contributed by atoms with E-state index in [1.54, 1.807) is 18.4 Å². The molecule has 7 nitrogen and oxygen atoms in total. The summed E-state index contributed by atoms with van der Waals surface area (Å²) < 4.78 is 6.83. The third kappa shape index (κ3) is 5.21. The van der Waals surface area contributed by atoms with Crippen molar-refractivity contribution in [1.29, 1.82) is 0 Å². The lowest BCUT2D eigenvalue weighted by atomic mass is 10.1. The van der Waals surface area contributed by atoms with Crippen molar-refractivity contribution in [1.82, 2.24) is 14.8 Å². The van der Waals surface area contributed by atoms with Crippen LogP contribution in [0.2, 0.25) is 0 Å². The van der Waals surface area contributed by atoms with Gasteiger partial charge in [0.2, 0.25) is 5.91 Å². The molecule has 0 aliphatic rings. The highest BCUT2D eigenvalue weighted by Crippen LogP contribution is 2.18. The number of nitrogens with one attached hydrogen (secondary N) is 1. The number of thiazole rings is 1. The minimum absolute atomic E-state index is 0.185. The van der Waals surface area contributed by atoms with Gasteiger partial charge < -0.3 is 4.74 Å². The van der Waals surface area contributed by atoms with E-state index in [1.165, 1.54) is 28.5 Å². The van der Waals surface area contributed by atoms with Crippen LogP contribution in [0.4, 0.5) is 5.13 Å². The average Bonchev–Trinajstić information content (AvgIpc) is 3.27. The first-order chi connectivity index (χ1) is 14.4. The number of aryl methyl sites for hydroxylation is 2. The summed E-state index contributed by atoms with van der Waals surface area (Å²) in [6.45, 7) is 8.63. The quantitative estimate of drug-likeness (QED) is 0.455. The summed E-state index contributed by atoms with van der Waals surface area (Å²) in [5, 5.41) is 9.17. The normalized spacial score (nSPS) is 11.1. The third-order valence-corrected chi connectivity index (χ3v) is 5.27. The minimum Gasteiger partial charge on any atom is -0.461 e. The van der Waals surface area contributed by atoms with Gasteiger partial charge in [-0.3, -0.25) is 14.8 Å². The Kier molecular flexibility index (Phi) is 6.79. The van der Waals surface area contributed by atoms with Crippen molar-refractivity contribution in [3.8, 4) is 0 Å². The van der Waals surface area contributed by atoms with E-state index in [2.05, 4.69) is 46.6 Å². The van der Waals surface area contributed by atoms with Crippen LogP contribution < -0.4 is 5.32 Å². The van der Waals surface area contributed by atoms with Gasteiger partial charge in [-0.15, -0.1) is 11.3 Å². The number of ether oxygens (including phenoxy) is 1. The topological polar surface area (TPSA) is 86.1 Å². The Balaban J connectivity index is 1.67. The van der Waals surface area contributed by atoms with Crippen LogP contribution in [-0.2, 0) is 16.1 Å². The fourth-order valence-corrected chi connectivity index (χ4v) is 3.59. The molecule has 156 valence electrons. The molecular weight excluding hydrogens is 400 g/mol. The van der Waals surface area contributed by atoms with Gasteiger partial charge in [0.25, 0.3) is 0 Å². The molecule has 30 heavy (non-hydrogen) atoms. The SMILES string of the molecule is CCOC(=O)c1csc(NC(=O)/C=C/c2c(C)nn(Cc3ccc(C)cc3)c2C)n1. The summed E-state index contributed by atoms with van der Waals surface area (Å²) in [7, 11) is 0. The number of nitrogens with zero attached hydrogens (tertiary/aromatic N) is 3. The average molecular weight is 425 g/mol. The molecule has 2 heterocycles. The standard InChI is InChI=1S/C22H24N4O3S/c1-5-29-21(28)19-13-30-22(23-19)24-20(27)11-10-18-15(3)25-26(16(18)4)12-17-8-6-14(2)7-9-17/h6-11,13H,5,12H2,1-4H3,(H,23,24,27)/b11-10+. The van der Waals surface area contributed by atoms with Crippen molar-refractivity contribution in [3.05, 3.63) is 69.5 Å². The number of carbonyl (C=O) groups is 2. The number of amides is 1. The molecule has 0 unspecified atom stereocenters. The molecule has 0 spiro atoms. The van der Waals surface area contributed by atoms with Gasteiger partial charge in [0.05, 0.1) is 18.8 Å². The van der Waals surface area contributed by atoms with Crippen molar-refractivity contribution in [3.63, 3.8) is 0 Å². The maximum Gasteiger partial charge on any atom is 0.357 e. The zero-order valence-electron chi connectivity index (χ0n) is 17.4. The smallest absolute Gasteiger partial charge is 0.357 e. The number of hydrogen-bond acceptors (Lipinski definition) is 6. The van der Waals surface area contributed by atoms with Crippen LogP contribution in [0, 0.1) is 20.8 Å². The second-order valence-electron chi connectivity index (χ2n) is 6.81. The number of rotatable bonds is 7. The number of carbonyl (C=O) groups excluding carboxylic acids is 2. The van der Waals surface area contributed by atoms with E-state index >= 15 is 0 Å². The van der Waals surface area contributed by atoms with Gasteiger partial charge in [-0.05, 0) is 39.3 Å². The van der Waals surface area contributed by atoms with Crippen LogP contribution in [-0.4, -0.2) is 33.2 Å². The van der Waals surface area contributed by atoms with Crippen molar-refractivity contribution in [2.45, 2.75) is 34.2 Å². The third-order valence-electron chi connectivity index (χ3n) is 4.51. The Morgan fingerprint density at radius 2 is 1.93 bits per heavy atom. The lowest BCUT2D eigenvalue weighted by Gasteiger charge is -2.05. The largest absolute Gasteiger partial charge is 0.461 e. The van der Waals surface area contributed by atoms with E-state index in [1.807, 2.05) is 18.5 Å². The molecule has 0 fully saturated rings. The second kappa shape index (κ2) is 9.49. The predicted molar refractivity (Wildman–Crippen MR) is 118 cm³/mol. The number of anilines is 1. The molecular formula is C22H24N4O3S. The van der Waals surface area contributed by atoms with Crippen molar-refractivity contribution >= 4 is 34.4 Å². The zero-order valence-corrected chi connectivity index (χ0v) is 18.2. The first-order valence-corrected chi connectivity index (χ1v) is 10.5. The van der Waals surface area contributed by atoms with Crippen molar-refractivity contribution in [2.24, 2.45) is 0 Å². The van der Waals surface area contributed by atoms with E-state index in [9.17, 15) is 9.59 Å². The lowest BCUT2D eigenvalue weighted by Crippen LogP contribution is -2.09. The van der Waals surface area contributed by atoms with Crippen LogP contribution in [0.1, 0.15) is 45.5 Å². The molecule has 0 atom stereocenters. The molecule has 0 radical (unpaired) electrons. The van der Waals surface area contributed by atoms with Crippen LogP contribution in [0.15, 0.2) is 35.7 Å². The number of aromatic nitrogens is 3.